The van der Waals surface area contributed by atoms with E-state index in [9.17, 15) is 4.79 Å². The van der Waals surface area contributed by atoms with Gasteiger partial charge in [-0.25, -0.2) is 4.99 Å². The number of primary amides is 1. The van der Waals surface area contributed by atoms with E-state index in [-0.39, 0.29) is 5.56 Å². The Labute approximate surface area is 184 Å². The number of nitrogens with zero attached hydrogens (tertiary/aromatic N) is 2. The van der Waals surface area contributed by atoms with Crippen LogP contribution >= 0.6 is 45.2 Å². The van der Waals surface area contributed by atoms with Gasteiger partial charge < -0.3 is 11.1 Å². The van der Waals surface area contributed by atoms with Gasteiger partial charge in [-0.15, -0.1) is 0 Å². The molecule has 0 fully saturated rings. The predicted octanol–water partition coefficient (Wildman–Crippen LogP) is 4.87. The summed E-state index contributed by atoms with van der Waals surface area (Å²) >= 11 is 4.62. The van der Waals surface area contributed by atoms with Crippen molar-refractivity contribution >= 4 is 74.6 Å². The van der Waals surface area contributed by atoms with E-state index < -0.39 is 5.91 Å². The van der Waals surface area contributed by atoms with E-state index in [0.717, 1.165) is 20.1 Å². The Morgan fingerprint density at radius 3 is 2.56 bits per heavy atom. The van der Waals surface area contributed by atoms with Gasteiger partial charge in [-0.05, 0) is 28.8 Å². The largest absolute Gasteiger partial charge is 0.365 e. The van der Waals surface area contributed by atoms with Crippen LogP contribution in [0.15, 0.2) is 53.5 Å². The quantitative estimate of drug-likeness (QED) is 0.210. The van der Waals surface area contributed by atoms with Gasteiger partial charge in [0.2, 0.25) is 0 Å². The second kappa shape index (κ2) is 9.31. The van der Waals surface area contributed by atoms with E-state index in [2.05, 4.69) is 65.7 Å². The van der Waals surface area contributed by atoms with Crippen LogP contribution < -0.4 is 11.1 Å². The fourth-order valence-corrected chi connectivity index (χ4v) is 3.43. The monoisotopic (exact) mass is 585 g/mol. The first-order valence-electron chi connectivity index (χ1n) is 8.09. The van der Waals surface area contributed by atoms with Crippen molar-refractivity contribution in [1.29, 1.82) is 0 Å². The lowest BCUT2D eigenvalue weighted by molar-refractivity contribution is 0.100. The van der Waals surface area contributed by atoms with Gasteiger partial charge >= 0.3 is 0 Å². The average molecular weight is 585 g/mol. The number of anilines is 2. The highest BCUT2D eigenvalue weighted by molar-refractivity contribution is 14.1. The molecule has 6 nitrogen and oxygen atoms in total. The lowest BCUT2D eigenvalue weighted by atomic mass is 10.2. The maximum absolute atomic E-state index is 12.0. The average Bonchev–Trinajstić information content (AvgIpc) is 3.09. The van der Waals surface area contributed by atoms with Crippen molar-refractivity contribution < 1.29 is 4.79 Å². The van der Waals surface area contributed by atoms with Crippen LogP contribution in [-0.4, -0.2) is 22.3 Å². The number of carbonyl (C=O) groups is 1. The minimum Gasteiger partial charge on any atom is -0.365 e. The molecule has 0 spiro atoms. The van der Waals surface area contributed by atoms with E-state index in [1.807, 2.05) is 48.5 Å². The van der Waals surface area contributed by atoms with Gasteiger partial charge in [-0.3, -0.25) is 9.89 Å². The van der Waals surface area contributed by atoms with Crippen LogP contribution in [-0.2, 0) is 8.86 Å². The van der Waals surface area contributed by atoms with E-state index in [1.165, 1.54) is 11.1 Å². The minimum atomic E-state index is -0.594. The molecule has 4 N–H and O–H groups in total. The van der Waals surface area contributed by atoms with Crippen LogP contribution in [0.25, 0.3) is 0 Å². The first-order valence-corrected chi connectivity index (χ1v) is 11.1. The molecule has 0 saturated heterocycles. The highest BCUT2D eigenvalue weighted by Gasteiger charge is 2.18. The number of amides is 1. The molecule has 3 rings (SSSR count). The number of aromatic nitrogens is 2. The molecule has 0 aliphatic rings. The number of aliphatic imine (C=N–C) groups is 1. The molecule has 0 aliphatic carbocycles. The summed E-state index contributed by atoms with van der Waals surface area (Å²) in [5.41, 5.74) is 9.97. The Morgan fingerprint density at radius 2 is 1.89 bits per heavy atom. The number of hydrogen-bond donors (Lipinski definition) is 3. The Kier molecular flexibility index (Phi) is 6.83. The zero-order valence-corrected chi connectivity index (χ0v) is 18.6. The zero-order valence-electron chi connectivity index (χ0n) is 14.2. The molecule has 3 aromatic rings. The summed E-state index contributed by atoms with van der Waals surface area (Å²) in [6.45, 7) is 0. The van der Waals surface area contributed by atoms with Crippen molar-refractivity contribution in [2.24, 2.45) is 10.7 Å². The summed E-state index contributed by atoms with van der Waals surface area (Å²) in [6.07, 6.45) is 1.68. The molecule has 8 heteroatoms. The maximum Gasteiger partial charge on any atom is 0.256 e. The Balaban J connectivity index is 1.86. The van der Waals surface area contributed by atoms with Gasteiger partial charge in [-0.1, -0.05) is 81.6 Å². The summed E-state index contributed by atoms with van der Waals surface area (Å²) in [5, 5.41) is 10.1. The number of nitrogens with two attached hydrogens (primary N) is 1. The van der Waals surface area contributed by atoms with Gasteiger partial charge in [0.1, 0.15) is 5.56 Å². The number of nitrogens with one attached hydrogen (secondary N) is 2. The summed E-state index contributed by atoms with van der Waals surface area (Å²) in [7, 11) is 0. The molecule has 138 valence electrons. The van der Waals surface area contributed by atoms with Gasteiger partial charge in [0, 0.05) is 20.8 Å². The number of H-pyrrole nitrogens is 1. The third kappa shape index (κ3) is 5.06. The molecule has 27 heavy (non-hydrogen) atoms. The number of hydrogen-bond acceptors (Lipinski definition) is 4. The molecule has 0 aliphatic heterocycles. The number of benzene rings is 2. The number of alkyl halides is 2. The number of rotatable bonds is 7. The van der Waals surface area contributed by atoms with E-state index >= 15 is 0 Å². The molecule has 0 unspecified atom stereocenters. The second-order valence-corrected chi connectivity index (χ2v) is 7.28. The molecule has 0 saturated carbocycles. The van der Waals surface area contributed by atoms with Crippen LogP contribution in [0.1, 0.15) is 27.0 Å². The van der Waals surface area contributed by atoms with Crippen molar-refractivity contribution in [2.75, 3.05) is 5.32 Å². The zero-order chi connectivity index (χ0) is 19.2. The smallest absolute Gasteiger partial charge is 0.256 e. The summed E-state index contributed by atoms with van der Waals surface area (Å²) < 4.78 is 1.84. The topological polar surface area (TPSA) is 96.2 Å². The highest BCUT2D eigenvalue weighted by atomic mass is 127. The molecule has 0 radical (unpaired) electrons. The molecule has 0 atom stereocenters. The van der Waals surface area contributed by atoms with Crippen molar-refractivity contribution in [3.63, 3.8) is 0 Å². The van der Waals surface area contributed by atoms with E-state index in [4.69, 9.17) is 5.73 Å². The summed E-state index contributed by atoms with van der Waals surface area (Å²) in [5.74, 6) is 0.0947. The minimum absolute atomic E-state index is 0.231. The van der Waals surface area contributed by atoms with E-state index in [1.54, 1.807) is 6.21 Å². The first-order chi connectivity index (χ1) is 13.1. The molecule has 1 heterocycles. The second-order valence-electron chi connectivity index (χ2n) is 5.75. The van der Waals surface area contributed by atoms with Crippen molar-refractivity contribution in [3.8, 4) is 0 Å². The standard InChI is InChI=1S/C19H17I2N5O/c20-9-12-4-6-13(7-5-12)11-23-18-16(17(22)27)19(26-25-18)24-15-3-1-2-14(8-15)10-21/h1-8,11H,9-10H2,(H2,22,27)(H2,24,25,26)/b23-11+. The first kappa shape index (κ1) is 19.8. The van der Waals surface area contributed by atoms with Crippen LogP contribution in [0.2, 0.25) is 0 Å². The Hall–Kier alpha value is -1.95. The van der Waals surface area contributed by atoms with Gasteiger partial charge in [0.15, 0.2) is 11.6 Å². The highest BCUT2D eigenvalue weighted by Crippen LogP contribution is 2.27. The molecule has 2 aromatic carbocycles. The third-order valence-corrected chi connectivity index (χ3v) is 5.58. The third-order valence-electron chi connectivity index (χ3n) is 3.81. The number of aromatic amines is 1. The Morgan fingerprint density at radius 1 is 1.15 bits per heavy atom. The number of halogens is 2. The molecule has 1 aromatic heterocycles. The number of carbonyl (C=O) groups excluding carboxylic acids is 1. The fraction of sp³-hybridized carbons (Fsp3) is 0.105. The van der Waals surface area contributed by atoms with Crippen LogP contribution in [0.5, 0.6) is 0 Å². The summed E-state index contributed by atoms with van der Waals surface area (Å²) in [4.78, 5) is 16.3. The van der Waals surface area contributed by atoms with Gasteiger partial charge in [0.05, 0.1) is 0 Å². The predicted molar refractivity (Wildman–Crippen MR) is 126 cm³/mol. The van der Waals surface area contributed by atoms with Gasteiger partial charge in [0.25, 0.3) is 5.91 Å². The summed E-state index contributed by atoms with van der Waals surface area (Å²) in [6, 6.07) is 15.9. The van der Waals surface area contributed by atoms with E-state index in [0.29, 0.717) is 11.6 Å². The van der Waals surface area contributed by atoms with Crippen LogP contribution in [0.4, 0.5) is 17.3 Å². The SMILES string of the molecule is NC(=O)c1c(Nc2cccc(CI)c2)n[nH]c1/N=C/c1ccc(CI)cc1. The van der Waals surface area contributed by atoms with Crippen molar-refractivity contribution in [1.82, 2.24) is 10.2 Å². The van der Waals surface area contributed by atoms with Crippen LogP contribution in [0, 0.1) is 0 Å². The fourth-order valence-electron chi connectivity index (χ4n) is 2.45. The molecular formula is C19H17I2N5O. The molecular weight excluding hydrogens is 568 g/mol. The van der Waals surface area contributed by atoms with Gasteiger partial charge in [-0.2, -0.15) is 5.10 Å². The Bertz CT molecular complexity index is 966. The molecule has 0 bridgehead atoms. The molecule has 1 amide bonds. The van der Waals surface area contributed by atoms with Crippen molar-refractivity contribution in [3.05, 3.63) is 70.8 Å². The van der Waals surface area contributed by atoms with Crippen LogP contribution in [0.3, 0.4) is 0 Å². The maximum atomic E-state index is 12.0. The normalized spacial score (nSPS) is 11.0. The lowest BCUT2D eigenvalue weighted by Gasteiger charge is -2.06. The lowest BCUT2D eigenvalue weighted by Crippen LogP contribution is -2.12. The van der Waals surface area contributed by atoms with Crippen molar-refractivity contribution in [2.45, 2.75) is 8.86 Å².